The van der Waals surface area contributed by atoms with Crippen molar-refractivity contribution in [2.24, 2.45) is 5.92 Å². The van der Waals surface area contributed by atoms with Gasteiger partial charge >= 0.3 is 0 Å². The summed E-state index contributed by atoms with van der Waals surface area (Å²) in [6.07, 6.45) is 3.56. The molecule has 3 heterocycles. The number of rotatable bonds is 3. The first-order valence-electron chi connectivity index (χ1n) is 8.73. The largest absolute Gasteiger partial charge is 0.371 e. The normalized spacial score (nSPS) is 17.3. The van der Waals surface area contributed by atoms with Gasteiger partial charge in [0.25, 0.3) is 0 Å². The van der Waals surface area contributed by atoms with Gasteiger partial charge in [0.1, 0.15) is 11.3 Å². The second-order valence-corrected chi connectivity index (χ2v) is 8.12. The number of aromatic nitrogens is 2. The molecule has 27 heavy (non-hydrogen) atoms. The van der Waals surface area contributed by atoms with Gasteiger partial charge in [-0.2, -0.15) is 0 Å². The molecule has 1 atom stereocenters. The number of benzene rings is 1. The van der Waals surface area contributed by atoms with Gasteiger partial charge < -0.3 is 10.2 Å². The first-order chi connectivity index (χ1) is 13.0. The summed E-state index contributed by atoms with van der Waals surface area (Å²) in [4.78, 5) is 23.5. The van der Waals surface area contributed by atoms with Crippen LogP contribution >= 0.6 is 22.9 Å². The third-order valence-electron chi connectivity index (χ3n) is 4.68. The zero-order chi connectivity index (χ0) is 19.0. The maximum absolute atomic E-state index is 13.5. The van der Waals surface area contributed by atoms with Crippen molar-refractivity contribution < 1.29 is 9.18 Å². The van der Waals surface area contributed by atoms with E-state index in [1.165, 1.54) is 23.5 Å². The van der Waals surface area contributed by atoms with Crippen LogP contribution in [0.4, 0.5) is 15.2 Å². The van der Waals surface area contributed by atoms with Gasteiger partial charge in [-0.05, 0) is 44.0 Å². The number of amides is 1. The molecule has 0 aliphatic carbocycles. The molecular formula is C19H18ClFN4OS. The third kappa shape index (κ3) is 3.89. The molecule has 1 aliphatic heterocycles. The lowest BCUT2D eigenvalue weighted by Gasteiger charge is -2.33. The van der Waals surface area contributed by atoms with Crippen molar-refractivity contribution in [2.75, 3.05) is 23.3 Å². The number of carbonyl (C=O) groups excluding carboxylic acids is 1. The van der Waals surface area contributed by atoms with Crippen molar-refractivity contribution >= 4 is 49.9 Å². The molecule has 5 nitrogen and oxygen atoms in total. The number of pyridine rings is 1. The van der Waals surface area contributed by atoms with E-state index in [9.17, 15) is 9.18 Å². The molecule has 1 amide bonds. The molecule has 140 valence electrons. The minimum absolute atomic E-state index is 0.0684. The number of nitrogens with zero attached hydrogens (tertiary/aromatic N) is 3. The van der Waals surface area contributed by atoms with E-state index in [1.807, 2.05) is 19.1 Å². The van der Waals surface area contributed by atoms with Gasteiger partial charge in [-0.3, -0.25) is 9.78 Å². The number of hydrogen-bond acceptors (Lipinski definition) is 5. The van der Waals surface area contributed by atoms with Gasteiger partial charge in [-0.15, -0.1) is 0 Å². The molecule has 1 unspecified atom stereocenters. The molecule has 1 saturated heterocycles. The summed E-state index contributed by atoms with van der Waals surface area (Å²) < 4.78 is 14.1. The number of fused-ring (bicyclic) bond motifs is 1. The van der Waals surface area contributed by atoms with E-state index in [0.29, 0.717) is 21.9 Å². The lowest BCUT2D eigenvalue weighted by atomic mass is 9.97. The van der Waals surface area contributed by atoms with Gasteiger partial charge in [-0.1, -0.05) is 22.9 Å². The van der Waals surface area contributed by atoms with Gasteiger partial charge in [0.05, 0.1) is 15.6 Å². The molecule has 4 rings (SSSR count). The number of anilines is 2. The summed E-state index contributed by atoms with van der Waals surface area (Å²) in [6, 6.07) is 6.61. The van der Waals surface area contributed by atoms with Crippen LogP contribution in [0.5, 0.6) is 0 Å². The van der Waals surface area contributed by atoms with Crippen LogP contribution in [-0.2, 0) is 4.79 Å². The standard InChI is InChI=1S/C19H18ClFN4OS/c1-11-7-14(4-5-22-11)25-6-2-3-12(10-25)18(26)24-19-23-17-15(20)8-13(21)9-16(17)27-19/h4-5,7-9,12H,2-3,6,10H2,1H3,(H,23,24,26). The average molecular weight is 405 g/mol. The Balaban J connectivity index is 1.48. The zero-order valence-electron chi connectivity index (χ0n) is 14.7. The van der Waals surface area contributed by atoms with Crippen LogP contribution in [0.2, 0.25) is 5.02 Å². The summed E-state index contributed by atoms with van der Waals surface area (Å²) in [5.74, 6) is -0.614. The van der Waals surface area contributed by atoms with Crippen molar-refractivity contribution in [3.63, 3.8) is 0 Å². The number of halogens is 2. The zero-order valence-corrected chi connectivity index (χ0v) is 16.3. The number of carbonyl (C=O) groups is 1. The Hall–Kier alpha value is -2.25. The number of thiazole rings is 1. The molecule has 1 N–H and O–H groups in total. The Morgan fingerprint density at radius 2 is 2.26 bits per heavy atom. The summed E-state index contributed by atoms with van der Waals surface area (Å²) >= 11 is 7.27. The molecule has 0 bridgehead atoms. The quantitative estimate of drug-likeness (QED) is 0.690. The Kier molecular flexibility index (Phi) is 4.97. The highest BCUT2D eigenvalue weighted by molar-refractivity contribution is 7.22. The number of hydrogen-bond donors (Lipinski definition) is 1. The van der Waals surface area contributed by atoms with E-state index in [-0.39, 0.29) is 16.8 Å². The van der Waals surface area contributed by atoms with Crippen LogP contribution in [0.3, 0.4) is 0 Å². The Bertz CT molecular complexity index is 1010. The second-order valence-electron chi connectivity index (χ2n) is 6.68. The fourth-order valence-corrected chi connectivity index (χ4v) is 4.60. The van der Waals surface area contributed by atoms with Crippen molar-refractivity contribution in [3.8, 4) is 0 Å². The van der Waals surface area contributed by atoms with Crippen LogP contribution in [0.15, 0.2) is 30.5 Å². The highest BCUT2D eigenvalue weighted by atomic mass is 35.5. The Labute approximate surface area is 165 Å². The third-order valence-corrected chi connectivity index (χ3v) is 5.89. The van der Waals surface area contributed by atoms with E-state index in [0.717, 1.165) is 30.8 Å². The SMILES string of the molecule is Cc1cc(N2CCCC(C(=O)Nc3nc4c(Cl)cc(F)cc4s3)C2)ccn1. The lowest BCUT2D eigenvalue weighted by molar-refractivity contribution is -0.120. The topological polar surface area (TPSA) is 58.1 Å². The number of aryl methyl sites for hydroxylation is 1. The molecular weight excluding hydrogens is 387 g/mol. The van der Waals surface area contributed by atoms with Gasteiger partial charge in [0, 0.05) is 30.7 Å². The lowest BCUT2D eigenvalue weighted by Crippen LogP contribution is -2.40. The van der Waals surface area contributed by atoms with Crippen molar-refractivity contribution in [2.45, 2.75) is 19.8 Å². The molecule has 0 spiro atoms. The highest BCUT2D eigenvalue weighted by Crippen LogP contribution is 2.32. The molecule has 0 radical (unpaired) electrons. The van der Waals surface area contributed by atoms with Crippen molar-refractivity contribution in [1.29, 1.82) is 0 Å². The van der Waals surface area contributed by atoms with Crippen LogP contribution in [0.1, 0.15) is 18.5 Å². The van der Waals surface area contributed by atoms with Gasteiger partial charge in [0.15, 0.2) is 5.13 Å². The van der Waals surface area contributed by atoms with Gasteiger partial charge in [0.2, 0.25) is 5.91 Å². The van der Waals surface area contributed by atoms with E-state index >= 15 is 0 Å². The van der Waals surface area contributed by atoms with Crippen LogP contribution < -0.4 is 10.2 Å². The Morgan fingerprint density at radius 3 is 3.07 bits per heavy atom. The summed E-state index contributed by atoms with van der Waals surface area (Å²) in [7, 11) is 0. The predicted octanol–water partition coefficient (Wildman–Crippen LogP) is 4.65. The summed E-state index contributed by atoms with van der Waals surface area (Å²) in [6.45, 7) is 3.53. The van der Waals surface area contributed by atoms with E-state index in [4.69, 9.17) is 11.6 Å². The van der Waals surface area contributed by atoms with E-state index in [2.05, 4.69) is 20.2 Å². The van der Waals surface area contributed by atoms with Crippen molar-refractivity contribution in [3.05, 3.63) is 47.0 Å². The first kappa shape index (κ1) is 18.1. The highest BCUT2D eigenvalue weighted by Gasteiger charge is 2.27. The predicted molar refractivity (Wildman–Crippen MR) is 107 cm³/mol. The van der Waals surface area contributed by atoms with Crippen molar-refractivity contribution in [1.82, 2.24) is 9.97 Å². The van der Waals surface area contributed by atoms with Crippen LogP contribution in [0.25, 0.3) is 10.2 Å². The molecule has 1 fully saturated rings. The molecule has 3 aromatic rings. The Morgan fingerprint density at radius 1 is 1.41 bits per heavy atom. The molecule has 8 heteroatoms. The number of nitrogens with one attached hydrogen (secondary N) is 1. The smallest absolute Gasteiger partial charge is 0.231 e. The second kappa shape index (κ2) is 7.40. The number of piperidine rings is 1. The maximum Gasteiger partial charge on any atom is 0.231 e. The molecule has 1 aliphatic rings. The minimum atomic E-state index is -0.412. The average Bonchev–Trinajstić information content (AvgIpc) is 3.04. The fourth-order valence-electron chi connectivity index (χ4n) is 3.37. The summed E-state index contributed by atoms with van der Waals surface area (Å²) in [5, 5.41) is 3.57. The monoisotopic (exact) mass is 404 g/mol. The van der Waals surface area contributed by atoms with E-state index in [1.54, 1.807) is 6.20 Å². The van der Waals surface area contributed by atoms with Gasteiger partial charge in [-0.25, -0.2) is 9.37 Å². The maximum atomic E-state index is 13.5. The minimum Gasteiger partial charge on any atom is -0.371 e. The summed E-state index contributed by atoms with van der Waals surface area (Å²) in [5.41, 5.74) is 2.55. The van der Waals surface area contributed by atoms with E-state index < -0.39 is 5.82 Å². The molecule has 2 aromatic heterocycles. The molecule has 1 aromatic carbocycles. The first-order valence-corrected chi connectivity index (χ1v) is 9.93. The van der Waals surface area contributed by atoms with Crippen LogP contribution in [0, 0.1) is 18.7 Å². The molecule has 0 saturated carbocycles. The van der Waals surface area contributed by atoms with Crippen LogP contribution in [-0.4, -0.2) is 29.0 Å². The fraction of sp³-hybridized carbons (Fsp3) is 0.316.